The van der Waals surface area contributed by atoms with Crippen molar-refractivity contribution in [2.45, 2.75) is 58.0 Å². The first kappa shape index (κ1) is 25.1. The highest BCUT2D eigenvalue weighted by Gasteiger charge is 2.19. The van der Waals surface area contributed by atoms with Crippen LogP contribution in [-0.2, 0) is 27.3 Å². The van der Waals surface area contributed by atoms with Gasteiger partial charge in [-0.1, -0.05) is 31.0 Å². The van der Waals surface area contributed by atoms with Gasteiger partial charge in [-0.3, -0.25) is 19.0 Å². The molecule has 2 N–H and O–H groups in total. The Morgan fingerprint density at radius 3 is 2.61 bits per heavy atom. The van der Waals surface area contributed by atoms with E-state index in [1.54, 1.807) is 43.3 Å². The fourth-order valence-corrected chi connectivity index (χ4v) is 4.45. The molecule has 2 aromatic carbocycles. The van der Waals surface area contributed by atoms with Crippen molar-refractivity contribution in [2.24, 2.45) is 0 Å². The van der Waals surface area contributed by atoms with Crippen molar-refractivity contribution in [3.05, 3.63) is 70.1 Å². The van der Waals surface area contributed by atoms with Crippen LogP contribution < -0.4 is 16.2 Å². The number of carbonyl (C=O) groups excluding carboxylic acids is 3. The lowest BCUT2D eigenvalue weighted by molar-refractivity contribution is -0.121. The third-order valence-corrected chi connectivity index (χ3v) is 6.19. The minimum atomic E-state index is -0.480. The normalized spacial score (nSPS) is 13.5. The Labute approximate surface area is 208 Å². The molecular formula is C27H30N4O5. The van der Waals surface area contributed by atoms with Gasteiger partial charge in [0.2, 0.25) is 11.8 Å². The van der Waals surface area contributed by atoms with E-state index in [2.05, 4.69) is 15.6 Å². The molecule has 0 aliphatic heterocycles. The molecule has 4 rings (SSSR count). The number of nitrogens with zero attached hydrogens (tertiary/aromatic N) is 2. The van der Waals surface area contributed by atoms with Crippen LogP contribution in [0.3, 0.4) is 0 Å². The largest absolute Gasteiger partial charge is 0.462 e. The number of benzene rings is 2. The Morgan fingerprint density at radius 1 is 1.06 bits per heavy atom. The van der Waals surface area contributed by atoms with E-state index in [4.69, 9.17) is 4.74 Å². The molecule has 0 saturated heterocycles. The molecule has 1 heterocycles. The average Bonchev–Trinajstić information content (AvgIpc) is 3.38. The van der Waals surface area contributed by atoms with Gasteiger partial charge in [-0.05, 0) is 50.1 Å². The van der Waals surface area contributed by atoms with Crippen LogP contribution in [0.15, 0.2) is 53.3 Å². The molecular weight excluding hydrogens is 460 g/mol. The summed E-state index contributed by atoms with van der Waals surface area (Å²) in [6, 6.07) is 13.7. The summed E-state index contributed by atoms with van der Waals surface area (Å²) >= 11 is 0. The average molecular weight is 491 g/mol. The molecule has 1 aromatic heterocycles. The number of rotatable bonds is 9. The second kappa shape index (κ2) is 11.6. The fraction of sp³-hybridized carbons (Fsp3) is 0.370. The molecule has 0 radical (unpaired) electrons. The second-order valence-electron chi connectivity index (χ2n) is 8.84. The van der Waals surface area contributed by atoms with Crippen molar-refractivity contribution in [1.29, 1.82) is 0 Å². The number of para-hydroxylation sites is 2. The van der Waals surface area contributed by atoms with Crippen LogP contribution in [0.4, 0.5) is 5.69 Å². The molecule has 2 amide bonds. The van der Waals surface area contributed by atoms with Crippen LogP contribution in [0.2, 0.25) is 0 Å². The van der Waals surface area contributed by atoms with Gasteiger partial charge in [-0.2, -0.15) is 0 Å². The zero-order valence-corrected chi connectivity index (χ0v) is 20.3. The van der Waals surface area contributed by atoms with Crippen molar-refractivity contribution in [3.63, 3.8) is 0 Å². The van der Waals surface area contributed by atoms with Crippen molar-refractivity contribution in [2.75, 3.05) is 11.9 Å². The summed E-state index contributed by atoms with van der Waals surface area (Å²) in [4.78, 5) is 55.0. The number of hydrogen-bond acceptors (Lipinski definition) is 6. The van der Waals surface area contributed by atoms with Crippen molar-refractivity contribution < 1.29 is 19.1 Å². The zero-order chi connectivity index (χ0) is 25.5. The minimum absolute atomic E-state index is 0.0953. The van der Waals surface area contributed by atoms with E-state index in [1.165, 1.54) is 10.6 Å². The first-order valence-corrected chi connectivity index (χ1v) is 12.3. The van der Waals surface area contributed by atoms with Gasteiger partial charge in [0.05, 0.1) is 23.2 Å². The highest BCUT2D eigenvalue weighted by molar-refractivity contribution is 5.95. The van der Waals surface area contributed by atoms with E-state index in [0.29, 0.717) is 22.3 Å². The molecule has 0 atom stereocenters. The highest BCUT2D eigenvalue weighted by atomic mass is 16.5. The number of amides is 2. The quantitative estimate of drug-likeness (QED) is 0.445. The summed E-state index contributed by atoms with van der Waals surface area (Å²) in [7, 11) is 0. The number of ether oxygens (including phenoxy) is 1. The molecule has 1 fully saturated rings. The van der Waals surface area contributed by atoms with E-state index < -0.39 is 17.4 Å². The van der Waals surface area contributed by atoms with Gasteiger partial charge >= 0.3 is 5.97 Å². The monoisotopic (exact) mass is 490 g/mol. The molecule has 1 aliphatic rings. The maximum Gasteiger partial charge on any atom is 0.338 e. The Morgan fingerprint density at radius 2 is 1.83 bits per heavy atom. The maximum absolute atomic E-state index is 13.3. The number of esters is 1. The van der Waals surface area contributed by atoms with E-state index >= 15 is 0 Å². The van der Waals surface area contributed by atoms with Crippen LogP contribution in [0.25, 0.3) is 11.0 Å². The maximum atomic E-state index is 13.3. The van der Waals surface area contributed by atoms with Crippen molar-refractivity contribution >= 4 is 34.5 Å². The molecule has 3 aromatic rings. The molecule has 0 bridgehead atoms. The van der Waals surface area contributed by atoms with E-state index in [1.807, 2.05) is 6.07 Å². The molecule has 1 saturated carbocycles. The number of carbonyl (C=O) groups is 3. The summed E-state index contributed by atoms with van der Waals surface area (Å²) < 4.78 is 6.38. The Hall–Kier alpha value is -4.01. The lowest BCUT2D eigenvalue weighted by Gasteiger charge is -2.14. The summed E-state index contributed by atoms with van der Waals surface area (Å²) in [5, 5.41) is 5.77. The highest BCUT2D eigenvalue weighted by Crippen LogP contribution is 2.18. The number of hydrogen-bond donors (Lipinski definition) is 2. The third kappa shape index (κ3) is 6.16. The molecule has 0 spiro atoms. The van der Waals surface area contributed by atoms with E-state index in [-0.39, 0.29) is 43.6 Å². The summed E-state index contributed by atoms with van der Waals surface area (Å²) in [5.41, 5.74) is 1.67. The van der Waals surface area contributed by atoms with Crippen molar-refractivity contribution in [3.8, 4) is 0 Å². The number of fused-ring (bicyclic) bond motifs is 1. The van der Waals surface area contributed by atoms with Gasteiger partial charge in [-0.15, -0.1) is 0 Å². The van der Waals surface area contributed by atoms with Gasteiger partial charge in [0.25, 0.3) is 5.56 Å². The smallest absolute Gasteiger partial charge is 0.338 e. The van der Waals surface area contributed by atoms with Gasteiger partial charge in [0.1, 0.15) is 12.2 Å². The lowest BCUT2D eigenvalue weighted by atomic mass is 10.2. The number of nitrogens with one attached hydrogen (secondary N) is 2. The number of anilines is 1. The Kier molecular flexibility index (Phi) is 8.10. The van der Waals surface area contributed by atoms with E-state index in [0.717, 1.165) is 25.7 Å². The van der Waals surface area contributed by atoms with Crippen LogP contribution >= 0.6 is 0 Å². The predicted molar refractivity (Wildman–Crippen MR) is 136 cm³/mol. The van der Waals surface area contributed by atoms with Gasteiger partial charge in [0, 0.05) is 24.6 Å². The summed E-state index contributed by atoms with van der Waals surface area (Å²) in [6.07, 6.45) is 4.57. The Balaban J connectivity index is 1.50. The topological polar surface area (TPSA) is 119 Å². The van der Waals surface area contributed by atoms with Crippen LogP contribution in [-0.4, -0.2) is 40.0 Å². The summed E-state index contributed by atoms with van der Waals surface area (Å²) in [5.74, 6) is -1.01. The molecule has 9 heteroatoms. The Bertz CT molecular complexity index is 1330. The lowest BCUT2D eigenvalue weighted by Crippen LogP contribution is -2.34. The number of aromatic nitrogens is 2. The first-order chi connectivity index (χ1) is 17.4. The predicted octanol–water partition coefficient (Wildman–Crippen LogP) is 3.20. The minimum Gasteiger partial charge on any atom is -0.462 e. The molecule has 36 heavy (non-hydrogen) atoms. The molecule has 188 valence electrons. The SMILES string of the molecule is CCOC(=O)c1cccc(NC(=O)Cn2c(=O)c(CCC(=O)NC3CCCC3)nc3ccccc32)c1. The van der Waals surface area contributed by atoms with Crippen LogP contribution in [0, 0.1) is 0 Å². The molecule has 1 aliphatic carbocycles. The van der Waals surface area contributed by atoms with E-state index in [9.17, 15) is 19.2 Å². The van der Waals surface area contributed by atoms with Gasteiger partial charge < -0.3 is 15.4 Å². The first-order valence-electron chi connectivity index (χ1n) is 12.3. The standard InChI is InChI=1S/C27H30N4O5/c1-2-36-27(35)18-8-7-11-20(16-18)29-25(33)17-31-23-13-6-5-12-21(23)30-22(26(31)34)14-15-24(32)28-19-9-3-4-10-19/h5-8,11-13,16,19H,2-4,9-10,14-15,17H2,1H3,(H,28,32)(H,29,33). The zero-order valence-electron chi connectivity index (χ0n) is 20.3. The molecule has 9 nitrogen and oxygen atoms in total. The fourth-order valence-electron chi connectivity index (χ4n) is 4.45. The summed E-state index contributed by atoms with van der Waals surface area (Å²) in [6.45, 7) is 1.72. The van der Waals surface area contributed by atoms with Crippen molar-refractivity contribution in [1.82, 2.24) is 14.9 Å². The van der Waals surface area contributed by atoms with Crippen LogP contribution in [0.1, 0.15) is 55.1 Å². The number of aryl methyl sites for hydroxylation is 1. The third-order valence-electron chi connectivity index (χ3n) is 6.19. The van der Waals surface area contributed by atoms with Crippen LogP contribution in [0.5, 0.6) is 0 Å². The van der Waals surface area contributed by atoms with Gasteiger partial charge in [0.15, 0.2) is 0 Å². The molecule has 0 unspecified atom stereocenters. The van der Waals surface area contributed by atoms with Gasteiger partial charge in [-0.25, -0.2) is 9.78 Å². The second-order valence-corrected chi connectivity index (χ2v) is 8.84.